The van der Waals surface area contributed by atoms with Gasteiger partial charge in [0.05, 0.1) is 5.69 Å². The Kier molecular flexibility index (Phi) is 4.76. The maximum absolute atomic E-state index is 5.94. The first-order valence-corrected chi connectivity index (χ1v) is 7.68. The van der Waals surface area contributed by atoms with E-state index < -0.39 is 0 Å². The van der Waals surface area contributed by atoms with Crippen LogP contribution in [0.4, 0.5) is 0 Å². The molecule has 1 aliphatic heterocycles. The highest BCUT2D eigenvalue weighted by atomic mass is 16.5. The Bertz CT molecular complexity index is 466. The minimum absolute atomic E-state index is 0.000234. The molecule has 0 amide bonds. The summed E-state index contributed by atoms with van der Waals surface area (Å²) in [6.45, 7) is 13.2. The lowest BCUT2D eigenvalue weighted by Crippen LogP contribution is -2.25. The monoisotopic (exact) mass is 277 g/mol. The summed E-state index contributed by atoms with van der Waals surface area (Å²) in [6, 6.07) is 0. The van der Waals surface area contributed by atoms with Gasteiger partial charge in [-0.05, 0) is 18.8 Å². The second-order valence-electron chi connectivity index (χ2n) is 6.51. The third-order valence-corrected chi connectivity index (χ3v) is 3.63. The van der Waals surface area contributed by atoms with Crippen molar-refractivity contribution in [2.45, 2.75) is 66.7 Å². The first-order chi connectivity index (χ1) is 9.47. The van der Waals surface area contributed by atoms with E-state index in [9.17, 15) is 0 Å². The zero-order chi connectivity index (χ0) is 14.8. The number of hydrogen-bond acceptors (Lipinski definition) is 4. The van der Waals surface area contributed by atoms with Crippen LogP contribution in [-0.2, 0) is 24.2 Å². The van der Waals surface area contributed by atoms with Gasteiger partial charge in [-0.25, -0.2) is 9.97 Å². The lowest BCUT2D eigenvalue weighted by molar-refractivity contribution is -0.0193. The number of aromatic nitrogens is 2. The van der Waals surface area contributed by atoms with Gasteiger partial charge in [0.2, 0.25) is 0 Å². The molecular weight excluding hydrogens is 250 g/mol. The van der Waals surface area contributed by atoms with Gasteiger partial charge < -0.3 is 10.1 Å². The van der Waals surface area contributed by atoms with Crippen molar-refractivity contribution in [3.63, 3.8) is 0 Å². The van der Waals surface area contributed by atoms with Crippen LogP contribution < -0.4 is 5.32 Å². The van der Waals surface area contributed by atoms with Gasteiger partial charge >= 0.3 is 0 Å². The molecule has 0 saturated heterocycles. The molecule has 2 rings (SSSR count). The minimum atomic E-state index is -0.0472. The molecule has 4 heteroatoms. The molecule has 0 saturated carbocycles. The topological polar surface area (TPSA) is 47.0 Å². The van der Waals surface area contributed by atoms with Crippen molar-refractivity contribution in [2.75, 3.05) is 6.61 Å². The standard InChI is InChI=1S/C16H27N3O/c1-6-8-12-11-9-17-10-13(11)19-15(18-12)14(20-7-2)16(3,4)5/h14,17H,6-10H2,1-5H3. The molecule has 20 heavy (non-hydrogen) atoms. The Morgan fingerprint density at radius 3 is 2.55 bits per heavy atom. The smallest absolute Gasteiger partial charge is 0.158 e. The van der Waals surface area contributed by atoms with E-state index in [1.165, 1.54) is 11.3 Å². The molecule has 112 valence electrons. The molecule has 0 aliphatic carbocycles. The summed E-state index contributed by atoms with van der Waals surface area (Å²) in [6.07, 6.45) is 2.08. The van der Waals surface area contributed by atoms with E-state index in [2.05, 4.69) is 33.0 Å². The lowest BCUT2D eigenvalue weighted by Gasteiger charge is -2.29. The number of rotatable bonds is 5. The fourth-order valence-electron chi connectivity index (χ4n) is 2.70. The molecule has 1 aliphatic rings. The maximum atomic E-state index is 5.94. The quantitative estimate of drug-likeness (QED) is 0.898. The first kappa shape index (κ1) is 15.4. The zero-order valence-corrected chi connectivity index (χ0v) is 13.4. The summed E-state index contributed by atoms with van der Waals surface area (Å²) in [5.41, 5.74) is 3.67. The van der Waals surface area contributed by atoms with Crippen LogP contribution in [0.3, 0.4) is 0 Å². The van der Waals surface area contributed by atoms with E-state index in [0.29, 0.717) is 6.61 Å². The maximum Gasteiger partial charge on any atom is 0.158 e. The SMILES string of the molecule is CCCc1nc(C(OCC)C(C)(C)C)nc2c1CNC2. The molecule has 0 radical (unpaired) electrons. The van der Waals surface area contributed by atoms with Crippen LogP contribution in [0.2, 0.25) is 0 Å². The first-order valence-electron chi connectivity index (χ1n) is 7.68. The number of aryl methyl sites for hydroxylation is 1. The normalized spacial score (nSPS) is 16.2. The van der Waals surface area contributed by atoms with Gasteiger partial charge in [-0.15, -0.1) is 0 Å². The molecule has 1 N–H and O–H groups in total. The third-order valence-electron chi connectivity index (χ3n) is 3.63. The molecule has 4 nitrogen and oxygen atoms in total. The van der Waals surface area contributed by atoms with E-state index in [1.807, 2.05) is 6.92 Å². The average molecular weight is 277 g/mol. The molecule has 2 heterocycles. The van der Waals surface area contributed by atoms with E-state index in [1.54, 1.807) is 0 Å². The van der Waals surface area contributed by atoms with Crippen molar-refractivity contribution in [3.05, 3.63) is 22.8 Å². The van der Waals surface area contributed by atoms with Crippen molar-refractivity contribution >= 4 is 0 Å². The average Bonchev–Trinajstić information content (AvgIpc) is 2.83. The number of hydrogen-bond donors (Lipinski definition) is 1. The van der Waals surface area contributed by atoms with Crippen molar-refractivity contribution in [1.29, 1.82) is 0 Å². The van der Waals surface area contributed by atoms with Gasteiger partial charge in [-0.3, -0.25) is 0 Å². The van der Waals surface area contributed by atoms with Gasteiger partial charge in [-0.1, -0.05) is 34.1 Å². The van der Waals surface area contributed by atoms with Crippen LogP contribution in [0.5, 0.6) is 0 Å². The molecule has 0 spiro atoms. The lowest BCUT2D eigenvalue weighted by atomic mass is 9.88. The fraction of sp³-hybridized carbons (Fsp3) is 0.750. The second-order valence-corrected chi connectivity index (χ2v) is 6.51. The summed E-state index contributed by atoms with van der Waals surface area (Å²) in [5, 5.41) is 3.38. The summed E-state index contributed by atoms with van der Waals surface area (Å²) in [4.78, 5) is 9.63. The molecule has 1 aromatic heterocycles. The Balaban J connectivity index is 2.42. The van der Waals surface area contributed by atoms with Gasteiger partial charge in [0.1, 0.15) is 6.10 Å². The van der Waals surface area contributed by atoms with Gasteiger partial charge in [0.25, 0.3) is 0 Å². The number of nitrogens with one attached hydrogen (secondary N) is 1. The van der Waals surface area contributed by atoms with E-state index in [0.717, 1.165) is 37.4 Å². The predicted molar refractivity (Wildman–Crippen MR) is 80.4 cm³/mol. The van der Waals surface area contributed by atoms with Gasteiger partial charge in [0.15, 0.2) is 5.82 Å². The molecule has 0 aromatic carbocycles. The van der Waals surface area contributed by atoms with Crippen LogP contribution >= 0.6 is 0 Å². The number of nitrogens with zero attached hydrogens (tertiary/aromatic N) is 2. The van der Waals surface area contributed by atoms with Crippen LogP contribution in [0.15, 0.2) is 0 Å². The summed E-state index contributed by atoms with van der Waals surface area (Å²) >= 11 is 0. The molecule has 1 aromatic rings. The largest absolute Gasteiger partial charge is 0.370 e. The Hall–Kier alpha value is -1.00. The highest BCUT2D eigenvalue weighted by Crippen LogP contribution is 2.35. The van der Waals surface area contributed by atoms with Gasteiger partial charge in [-0.2, -0.15) is 0 Å². The van der Waals surface area contributed by atoms with Crippen LogP contribution in [-0.4, -0.2) is 16.6 Å². The van der Waals surface area contributed by atoms with Crippen LogP contribution in [0, 0.1) is 5.41 Å². The van der Waals surface area contributed by atoms with Crippen molar-refractivity contribution in [3.8, 4) is 0 Å². The van der Waals surface area contributed by atoms with Crippen molar-refractivity contribution < 1.29 is 4.74 Å². The van der Waals surface area contributed by atoms with E-state index in [-0.39, 0.29) is 11.5 Å². The zero-order valence-electron chi connectivity index (χ0n) is 13.4. The Morgan fingerprint density at radius 2 is 1.95 bits per heavy atom. The third kappa shape index (κ3) is 3.18. The van der Waals surface area contributed by atoms with Crippen molar-refractivity contribution in [1.82, 2.24) is 15.3 Å². The predicted octanol–water partition coefficient (Wildman–Crippen LogP) is 3.16. The van der Waals surface area contributed by atoms with Crippen molar-refractivity contribution in [2.24, 2.45) is 5.41 Å². The molecule has 0 fully saturated rings. The molecule has 1 atom stereocenters. The summed E-state index contributed by atoms with van der Waals surface area (Å²) < 4.78 is 5.94. The van der Waals surface area contributed by atoms with Gasteiger partial charge in [0, 0.05) is 31.0 Å². The van der Waals surface area contributed by atoms with E-state index >= 15 is 0 Å². The molecule has 0 bridgehead atoms. The number of fused-ring (bicyclic) bond motifs is 1. The fourth-order valence-corrected chi connectivity index (χ4v) is 2.70. The molecular formula is C16H27N3O. The second kappa shape index (κ2) is 6.19. The van der Waals surface area contributed by atoms with Crippen LogP contribution in [0.1, 0.15) is 69.9 Å². The summed E-state index contributed by atoms with van der Waals surface area (Å²) in [5.74, 6) is 0.852. The minimum Gasteiger partial charge on any atom is -0.370 e. The highest BCUT2D eigenvalue weighted by molar-refractivity contribution is 5.30. The highest BCUT2D eigenvalue weighted by Gasteiger charge is 2.31. The Labute approximate surface area is 122 Å². The van der Waals surface area contributed by atoms with Crippen LogP contribution in [0.25, 0.3) is 0 Å². The number of ether oxygens (including phenoxy) is 1. The molecule has 1 unspecified atom stereocenters. The summed E-state index contributed by atoms with van der Waals surface area (Å²) in [7, 11) is 0. The Morgan fingerprint density at radius 1 is 1.20 bits per heavy atom. The van der Waals surface area contributed by atoms with E-state index in [4.69, 9.17) is 14.7 Å².